The molecule has 6 heteroatoms. The highest BCUT2D eigenvalue weighted by Gasteiger charge is 2.43. The number of nitrogens with zero attached hydrogens (tertiary/aromatic N) is 1. The molecule has 0 radical (unpaired) electrons. The van der Waals surface area contributed by atoms with Gasteiger partial charge in [0, 0.05) is 30.0 Å². The van der Waals surface area contributed by atoms with Crippen LogP contribution in [0.1, 0.15) is 59.9 Å². The number of carbonyl (C=O) groups excluding carboxylic acids is 1. The third-order valence-electron chi connectivity index (χ3n) is 8.24. The van der Waals surface area contributed by atoms with E-state index in [4.69, 9.17) is 9.15 Å². The van der Waals surface area contributed by atoms with Gasteiger partial charge in [0.15, 0.2) is 0 Å². The van der Waals surface area contributed by atoms with Crippen LogP contribution in [0.2, 0.25) is 0 Å². The van der Waals surface area contributed by atoms with Crippen LogP contribution >= 0.6 is 0 Å². The molecule has 2 heterocycles. The minimum atomic E-state index is -0.635. The van der Waals surface area contributed by atoms with Gasteiger partial charge in [-0.2, -0.15) is 0 Å². The molecule has 1 amide bonds. The topological polar surface area (TPSA) is 80.0 Å². The van der Waals surface area contributed by atoms with Gasteiger partial charge in [-0.3, -0.25) is 4.79 Å². The van der Waals surface area contributed by atoms with Crippen LogP contribution in [0.4, 0.5) is 0 Å². The van der Waals surface area contributed by atoms with Crippen LogP contribution in [0.5, 0.6) is 5.75 Å². The number of fused-ring (bicyclic) bond motifs is 2. The normalized spacial score (nSPS) is 21.9. The molecule has 1 aliphatic carbocycles. The molecule has 6 nitrogen and oxygen atoms in total. The SMILES string of the molecule is Cc1cccc(COc2ccc3c(C)c(CC(=O)N4CC[C@@]5(O)CCCC[C@@H]5C4)c(=O)oc3c2C)c1. The van der Waals surface area contributed by atoms with E-state index in [-0.39, 0.29) is 18.2 Å². The van der Waals surface area contributed by atoms with Crippen LogP contribution < -0.4 is 10.4 Å². The van der Waals surface area contributed by atoms with Crippen molar-refractivity contribution in [3.05, 3.63) is 74.6 Å². The molecule has 5 rings (SSSR count). The lowest BCUT2D eigenvalue weighted by Crippen LogP contribution is -2.55. The third-order valence-corrected chi connectivity index (χ3v) is 8.24. The molecule has 1 aromatic heterocycles. The predicted molar refractivity (Wildman–Crippen MR) is 139 cm³/mol. The Morgan fingerprint density at radius 1 is 1.14 bits per heavy atom. The predicted octanol–water partition coefficient (Wildman–Crippen LogP) is 4.99. The van der Waals surface area contributed by atoms with Crippen LogP contribution in [-0.2, 0) is 17.8 Å². The maximum atomic E-state index is 13.2. The Kier molecular flexibility index (Phi) is 6.64. The summed E-state index contributed by atoms with van der Waals surface area (Å²) in [5, 5.41) is 11.8. The van der Waals surface area contributed by atoms with Crippen LogP contribution in [0.15, 0.2) is 45.6 Å². The molecule has 0 bridgehead atoms. The Labute approximate surface area is 211 Å². The van der Waals surface area contributed by atoms with Crippen molar-refractivity contribution in [2.24, 2.45) is 5.92 Å². The summed E-state index contributed by atoms with van der Waals surface area (Å²) in [5.41, 5.74) is 3.59. The van der Waals surface area contributed by atoms with Gasteiger partial charge in [-0.25, -0.2) is 4.79 Å². The summed E-state index contributed by atoms with van der Waals surface area (Å²) >= 11 is 0. The summed E-state index contributed by atoms with van der Waals surface area (Å²) in [4.78, 5) is 28.0. The zero-order chi connectivity index (χ0) is 25.4. The van der Waals surface area contributed by atoms with Crippen LogP contribution in [-0.4, -0.2) is 34.6 Å². The van der Waals surface area contributed by atoms with Crippen molar-refractivity contribution in [3.63, 3.8) is 0 Å². The average Bonchev–Trinajstić information content (AvgIpc) is 2.86. The highest BCUT2D eigenvalue weighted by atomic mass is 16.5. The average molecular weight is 490 g/mol. The monoisotopic (exact) mass is 489 g/mol. The standard InChI is InChI=1S/C30H35NO5/c1-19-7-6-8-22(15-19)18-35-26-11-10-24-20(2)25(29(33)36-28(24)21(26)3)16-27(32)31-14-13-30(34)12-5-4-9-23(30)17-31/h6-8,10-11,15,23,34H,4-5,9,12-14,16-18H2,1-3H3/t23-,30+/m1/s1. The number of aliphatic hydroxyl groups is 1. The fourth-order valence-corrected chi connectivity index (χ4v) is 5.95. The van der Waals surface area contributed by atoms with E-state index in [1.807, 2.05) is 56.0 Å². The highest BCUT2D eigenvalue weighted by Crippen LogP contribution is 2.40. The first kappa shape index (κ1) is 24.6. The molecule has 0 spiro atoms. The minimum absolute atomic E-state index is 0.0138. The number of aryl methyl sites for hydroxylation is 3. The van der Waals surface area contributed by atoms with Crippen molar-refractivity contribution in [3.8, 4) is 5.75 Å². The molecule has 0 unspecified atom stereocenters. The van der Waals surface area contributed by atoms with Crippen LogP contribution in [0.25, 0.3) is 11.0 Å². The zero-order valence-corrected chi connectivity index (χ0v) is 21.4. The molecule has 2 atom stereocenters. The summed E-state index contributed by atoms with van der Waals surface area (Å²) in [6, 6.07) is 12.0. The Balaban J connectivity index is 1.35. The van der Waals surface area contributed by atoms with E-state index in [2.05, 4.69) is 6.07 Å². The molecule has 3 aromatic rings. The largest absolute Gasteiger partial charge is 0.488 e. The van der Waals surface area contributed by atoms with Gasteiger partial charge in [-0.15, -0.1) is 0 Å². The van der Waals surface area contributed by atoms with Gasteiger partial charge in [0.2, 0.25) is 5.91 Å². The molecule has 2 aliphatic rings. The third kappa shape index (κ3) is 4.66. The molecule has 190 valence electrons. The molecule has 1 aliphatic heterocycles. The van der Waals surface area contributed by atoms with Crippen molar-refractivity contribution in [1.29, 1.82) is 0 Å². The first-order chi connectivity index (χ1) is 17.2. The Bertz CT molecular complexity index is 1360. The summed E-state index contributed by atoms with van der Waals surface area (Å²) in [5.74, 6) is 0.717. The molecule has 1 saturated carbocycles. The van der Waals surface area contributed by atoms with Crippen LogP contribution in [0, 0.1) is 26.7 Å². The summed E-state index contributed by atoms with van der Waals surface area (Å²) in [6.45, 7) is 7.34. The number of ether oxygens (including phenoxy) is 1. The molecule has 2 aromatic carbocycles. The summed E-state index contributed by atoms with van der Waals surface area (Å²) in [7, 11) is 0. The van der Waals surface area contributed by atoms with Crippen molar-refractivity contribution >= 4 is 16.9 Å². The zero-order valence-electron chi connectivity index (χ0n) is 21.4. The number of hydrogen-bond donors (Lipinski definition) is 1. The van der Waals surface area contributed by atoms with E-state index in [1.165, 1.54) is 5.56 Å². The number of rotatable bonds is 5. The van der Waals surface area contributed by atoms with Crippen molar-refractivity contribution in [1.82, 2.24) is 4.90 Å². The smallest absolute Gasteiger partial charge is 0.340 e. The van der Waals surface area contributed by atoms with E-state index >= 15 is 0 Å². The van der Waals surface area contributed by atoms with Gasteiger partial charge in [0.05, 0.1) is 17.6 Å². The molecular weight excluding hydrogens is 454 g/mol. The van der Waals surface area contributed by atoms with Gasteiger partial charge in [0.25, 0.3) is 0 Å². The quantitative estimate of drug-likeness (QED) is 0.511. The second kappa shape index (κ2) is 9.74. The Morgan fingerprint density at radius 2 is 1.97 bits per heavy atom. The number of likely N-dealkylation sites (tertiary alicyclic amines) is 1. The van der Waals surface area contributed by atoms with E-state index in [9.17, 15) is 14.7 Å². The van der Waals surface area contributed by atoms with E-state index in [1.54, 1.807) is 0 Å². The number of amides is 1. The molecule has 1 saturated heterocycles. The second-order valence-corrected chi connectivity index (χ2v) is 10.6. The fraction of sp³-hybridized carbons (Fsp3) is 0.467. The number of piperidine rings is 1. The van der Waals surface area contributed by atoms with Gasteiger partial charge in [-0.05, 0) is 63.3 Å². The first-order valence-corrected chi connectivity index (χ1v) is 13.0. The fourth-order valence-electron chi connectivity index (χ4n) is 5.95. The molecule has 36 heavy (non-hydrogen) atoms. The number of benzene rings is 2. The number of carbonyl (C=O) groups is 1. The summed E-state index contributed by atoms with van der Waals surface area (Å²) < 4.78 is 11.8. The van der Waals surface area contributed by atoms with E-state index < -0.39 is 11.2 Å². The van der Waals surface area contributed by atoms with Gasteiger partial charge < -0.3 is 19.2 Å². The highest BCUT2D eigenvalue weighted by molar-refractivity contribution is 5.87. The molecule has 2 fully saturated rings. The molecular formula is C30H35NO5. The number of hydrogen-bond acceptors (Lipinski definition) is 5. The lowest BCUT2D eigenvalue weighted by atomic mass is 9.71. The second-order valence-electron chi connectivity index (χ2n) is 10.6. The van der Waals surface area contributed by atoms with Gasteiger partial charge in [0.1, 0.15) is 17.9 Å². The van der Waals surface area contributed by atoms with Crippen molar-refractivity contribution in [2.45, 2.75) is 71.5 Å². The first-order valence-electron chi connectivity index (χ1n) is 13.0. The van der Waals surface area contributed by atoms with E-state index in [0.29, 0.717) is 43.0 Å². The van der Waals surface area contributed by atoms with Crippen LogP contribution in [0.3, 0.4) is 0 Å². The Hall–Kier alpha value is -3.12. The summed E-state index contributed by atoms with van der Waals surface area (Å²) in [6.07, 6.45) is 4.54. The van der Waals surface area contributed by atoms with Crippen molar-refractivity contribution in [2.75, 3.05) is 13.1 Å². The van der Waals surface area contributed by atoms with Gasteiger partial charge >= 0.3 is 5.63 Å². The molecule has 1 N–H and O–H groups in total. The Morgan fingerprint density at radius 3 is 2.78 bits per heavy atom. The van der Waals surface area contributed by atoms with Crippen molar-refractivity contribution < 1.29 is 19.1 Å². The lowest BCUT2D eigenvalue weighted by molar-refractivity contribution is -0.142. The minimum Gasteiger partial charge on any atom is -0.488 e. The van der Waals surface area contributed by atoms with Gasteiger partial charge in [-0.1, -0.05) is 42.7 Å². The maximum absolute atomic E-state index is 13.2. The van der Waals surface area contributed by atoms with E-state index in [0.717, 1.165) is 47.8 Å². The lowest BCUT2D eigenvalue weighted by Gasteiger charge is -2.47. The maximum Gasteiger partial charge on any atom is 0.340 e.